The lowest BCUT2D eigenvalue weighted by Gasteiger charge is -2.25. The molecule has 20 heavy (non-hydrogen) atoms. The van der Waals surface area contributed by atoms with Crippen LogP contribution in [0.4, 0.5) is 5.69 Å². The number of hydrogen-bond acceptors (Lipinski definition) is 3. The Labute approximate surface area is 127 Å². The smallest absolute Gasteiger partial charge is 0.307 e. The van der Waals surface area contributed by atoms with Gasteiger partial charge in [-0.3, -0.25) is 14.5 Å². The molecule has 110 valence electrons. The molecule has 0 aliphatic carbocycles. The second-order valence-corrected chi connectivity index (χ2v) is 5.77. The maximum absolute atomic E-state index is 12.1. The van der Waals surface area contributed by atoms with Crippen LogP contribution in [0.1, 0.15) is 13.8 Å². The van der Waals surface area contributed by atoms with Gasteiger partial charge in [0.1, 0.15) is 0 Å². The van der Waals surface area contributed by atoms with Crippen LogP contribution in [-0.2, 0) is 9.59 Å². The zero-order valence-corrected chi connectivity index (χ0v) is 13.3. The highest BCUT2D eigenvalue weighted by Gasteiger charge is 2.22. The van der Waals surface area contributed by atoms with E-state index in [4.69, 9.17) is 5.11 Å². The Morgan fingerprint density at radius 3 is 2.35 bits per heavy atom. The lowest BCUT2D eigenvalue weighted by atomic mass is 10.1. The molecule has 0 aliphatic heterocycles. The van der Waals surface area contributed by atoms with E-state index in [1.54, 1.807) is 37.9 Å². The summed E-state index contributed by atoms with van der Waals surface area (Å²) < 4.78 is 0.941. The zero-order valence-electron chi connectivity index (χ0n) is 11.8. The fraction of sp³-hybridized carbons (Fsp3) is 0.429. The number of nitrogens with zero attached hydrogens (tertiary/aromatic N) is 1. The van der Waals surface area contributed by atoms with Crippen molar-refractivity contribution < 1.29 is 14.7 Å². The first-order valence-corrected chi connectivity index (χ1v) is 7.10. The third-order valence-electron chi connectivity index (χ3n) is 3.14. The number of carboxylic acids is 1. The molecule has 5 nitrogen and oxygen atoms in total. The SMILES string of the molecule is CC(CN(C)C(C)C(=O)Nc1ccc(Br)cc1)C(=O)O. The molecule has 2 unspecified atom stereocenters. The summed E-state index contributed by atoms with van der Waals surface area (Å²) in [5.74, 6) is -1.53. The van der Waals surface area contributed by atoms with Crippen molar-refractivity contribution in [2.45, 2.75) is 19.9 Å². The number of anilines is 1. The number of benzene rings is 1. The van der Waals surface area contributed by atoms with Crippen molar-refractivity contribution in [3.8, 4) is 0 Å². The number of hydrogen-bond donors (Lipinski definition) is 2. The molecule has 0 saturated carbocycles. The molecule has 1 aromatic rings. The van der Waals surface area contributed by atoms with Crippen molar-refractivity contribution in [1.29, 1.82) is 0 Å². The van der Waals surface area contributed by atoms with Crippen molar-refractivity contribution in [2.75, 3.05) is 18.9 Å². The van der Waals surface area contributed by atoms with Crippen LogP contribution in [0.3, 0.4) is 0 Å². The summed E-state index contributed by atoms with van der Waals surface area (Å²) >= 11 is 3.33. The highest BCUT2D eigenvalue weighted by atomic mass is 79.9. The molecular formula is C14H19BrN2O3. The maximum Gasteiger partial charge on any atom is 0.307 e. The maximum atomic E-state index is 12.1. The first-order chi connectivity index (χ1) is 9.31. The molecule has 0 fully saturated rings. The topological polar surface area (TPSA) is 69.6 Å². The van der Waals surface area contributed by atoms with E-state index in [1.807, 2.05) is 12.1 Å². The first-order valence-electron chi connectivity index (χ1n) is 6.30. The number of likely N-dealkylation sites (N-methyl/N-ethyl adjacent to an activating group) is 1. The van der Waals surface area contributed by atoms with E-state index >= 15 is 0 Å². The highest BCUT2D eigenvalue weighted by molar-refractivity contribution is 9.10. The van der Waals surface area contributed by atoms with Crippen molar-refractivity contribution in [3.63, 3.8) is 0 Å². The van der Waals surface area contributed by atoms with Crippen molar-refractivity contribution in [2.24, 2.45) is 5.92 Å². The van der Waals surface area contributed by atoms with E-state index in [-0.39, 0.29) is 5.91 Å². The summed E-state index contributed by atoms with van der Waals surface area (Å²) in [4.78, 5) is 24.6. The number of aliphatic carboxylic acids is 1. The lowest BCUT2D eigenvalue weighted by Crippen LogP contribution is -2.42. The molecule has 1 amide bonds. The molecule has 2 N–H and O–H groups in total. The van der Waals surface area contributed by atoms with Gasteiger partial charge in [-0.05, 0) is 38.2 Å². The average Bonchev–Trinajstić information content (AvgIpc) is 2.40. The quantitative estimate of drug-likeness (QED) is 0.832. The van der Waals surface area contributed by atoms with Gasteiger partial charge in [-0.15, -0.1) is 0 Å². The van der Waals surface area contributed by atoms with Gasteiger partial charge in [-0.25, -0.2) is 0 Å². The van der Waals surface area contributed by atoms with Gasteiger partial charge in [-0.1, -0.05) is 22.9 Å². The largest absolute Gasteiger partial charge is 0.481 e. The Morgan fingerprint density at radius 1 is 1.30 bits per heavy atom. The molecule has 0 radical (unpaired) electrons. The molecule has 2 atom stereocenters. The van der Waals surface area contributed by atoms with Crippen LogP contribution < -0.4 is 5.32 Å². The zero-order chi connectivity index (χ0) is 15.3. The van der Waals surface area contributed by atoms with Crippen molar-refractivity contribution in [3.05, 3.63) is 28.7 Å². The Balaban J connectivity index is 2.57. The molecule has 6 heteroatoms. The second kappa shape index (κ2) is 7.40. The number of carbonyl (C=O) groups is 2. The van der Waals surface area contributed by atoms with Crippen LogP contribution in [-0.4, -0.2) is 41.5 Å². The standard InChI is InChI=1S/C14H19BrN2O3/c1-9(14(19)20)8-17(3)10(2)13(18)16-12-6-4-11(15)5-7-12/h4-7,9-10H,8H2,1-3H3,(H,16,18)(H,19,20). The van der Waals surface area contributed by atoms with E-state index in [0.717, 1.165) is 4.47 Å². The van der Waals surface area contributed by atoms with Gasteiger partial charge in [0.2, 0.25) is 5.91 Å². The van der Waals surface area contributed by atoms with Crippen LogP contribution in [0.15, 0.2) is 28.7 Å². The van der Waals surface area contributed by atoms with Gasteiger partial charge in [0.15, 0.2) is 0 Å². The van der Waals surface area contributed by atoms with Crippen molar-refractivity contribution in [1.82, 2.24) is 4.90 Å². The monoisotopic (exact) mass is 342 g/mol. The third-order valence-corrected chi connectivity index (χ3v) is 3.66. The van der Waals surface area contributed by atoms with Gasteiger partial charge < -0.3 is 10.4 Å². The fourth-order valence-corrected chi connectivity index (χ4v) is 1.91. The fourth-order valence-electron chi connectivity index (χ4n) is 1.65. The van der Waals surface area contributed by atoms with Gasteiger partial charge in [0.05, 0.1) is 12.0 Å². The average molecular weight is 343 g/mol. The molecule has 0 saturated heterocycles. The minimum absolute atomic E-state index is 0.160. The Bertz CT molecular complexity index is 476. The predicted octanol–water partition coefficient (Wildman–Crippen LogP) is 2.43. The lowest BCUT2D eigenvalue weighted by molar-refractivity contribution is -0.142. The first kappa shape index (κ1) is 16.7. The van der Waals surface area contributed by atoms with E-state index in [2.05, 4.69) is 21.2 Å². The summed E-state index contributed by atoms with van der Waals surface area (Å²) in [6, 6.07) is 6.89. The van der Waals surface area contributed by atoms with Gasteiger partial charge in [0.25, 0.3) is 0 Å². The number of rotatable bonds is 6. The number of halogens is 1. The minimum atomic E-state index is -0.864. The molecule has 0 aliphatic rings. The molecular weight excluding hydrogens is 324 g/mol. The molecule has 1 rings (SSSR count). The van der Waals surface area contributed by atoms with E-state index in [1.165, 1.54) is 0 Å². The Morgan fingerprint density at radius 2 is 1.85 bits per heavy atom. The third kappa shape index (κ3) is 4.94. The highest BCUT2D eigenvalue weighted by Crippen LogP contribution is 2.15. The second-order valence-electron chi connectivity index (χ2n) is 4.85. The van der Waals surface area contributed by atoms with Crippen LogP contribution in [0.5, 0.6) is 0 Å². The van der Waals surface area contributed by atoms with Gasteiger partial charge in [-0.2, -0.15) is 0 Å². The van der Waals surface area contributed by atoms with Gasteiger partial charge >= 0.3 is 5.97 Å². The summed E-state index contributed by atoms with van der Waals surface area (Å²) in [6.07, 6.45) is 0. The number of carboxylic acid groups (broad SMARTS) is 1. The van der Waals surface area contributed by atoms with Crippen molar-refractivity contribution >= 4 is 33.5 Å². The summed E-state index contributed by atoms with van der Waals surface area (Å²) in [7, 11) is 1.74. The van der Waals surface area contributed by atoms with E-state index in [0.29, 0.717) is 12.2 Å². The Hall–Kier alpha value is -1.40. The van der Waals surface area contributed by atoms with E-state index < -0.39 is 17.9 Å². The van der Waals surface area contributed by atoms with Crippen LogP contribution in [0, 0.1) is 5.92 Å². The molecule has 1 aromatic carbocycles. The Kier molecular flexibility index (Phi) is 6.16. The minimum Gasteiger partial charge on any atom is -0.481 e. The number of amides is 1. The number of carbonyl (C=O) groups excluding carboxylic acids is 1. The van der Waals surface area contributed by atoms with Crippen LogP contribution >= 0.6 is 15.9 Å². The molecule has 0 spiro atoms. The van der Waals surface area contributed by atoms with Crippen LogP contribution in [0.25, 0.3) is 0 Å². The predicted molar refractivity (Wildman–Crippen MR) is 81.7 cm³/mol. The summed E-state index contributed by atoms with van der Waals surface area (Å²) in [5, 5.41) is 11.7. The van der Waals surface area contributed by atoms with Gasteiger partial charge in [0, 0.05) is 16.7 Å². The molecule has 0 bridgehead atoms. The van der Waals surface area contributed by atoms with Crippen LogP contribution in [0.2, 0.25) is 0 Å². The van der Waals surface area contributed by atoms with E-state index in [9.17, 15) is 9.59 Å². The molecule has 0 aromatic heterocycles. The normalized spacial score (nSPS) is 13.8. The number of nitrogens with one attached hydrogen (secondary N) is 1. The molecule has 0 heterocycles. The summed E-state index contributed by atoms with van der Waals surface area (Å²) in [5.41, 5.74) is 0.713. The summed E-state index contributed by atoms with van der Waals surface area (Å²) in [6.45, 7) is 3.70.